The van der Waals surface area contributed by atoms with Crippen molar-refractivity contribution in [3.8, 4) is 11.1 Å². The van der Waals surface area contributed by atoms with E-state index in [9.17, 15) is 17.6 Å². The van der Waals surface area contributed by atoms with E-state index < -0.39 is 11.7 Å². The van der Waals surface area contributed by atoms with Crippen molar-refractivity contribution in [3.05, 3.63) is 59.4 Å². The molecule has 0 aromatic heterocycles. The number of rotatable bonds is 7. The zero-order valence-corrected chi connectivity index (χ0v) is 17.1. The minimum atomic E-state index is -4.38. The number of benzene rings is 2. The van der Waals surface area contributed by atoms with E-state index in [4.69, 9.17) is 0 Å². The van der Waals surface area contributed by atoms with Crippen molar-refractivity contribution < 1.29 is 17.6 Å². The maximum absolute atomic E-state index is 14.7. The Morgan fingerprint density at radius 2 is 1.55 bits per heavy atom. The molecule has 0 aliphatic heterocycles. The Morgan fingerprint density at radius 3 is 2.14 bits per heavy atom. The first-order valence-electron chi connectivity index (χ1n) is 10.9. The number of halogens is 4. The van der Waals surface area contributed by atoms with Gasteiger partial charge < -0.3 is 0 Å². The summed E-state index contributed by atoms with van der Waals surface area (Å²) in [6.45, 7) is 2.23. The molecule has 0 amide bonds. The summed E-state index contributed by atoms with van der Waals surface area (Å²) in [6.07, 6.45) is 6.77. The molecule has 0 radical (unpaired) electrons. The first-order chi connectivity index (χ1) is 13.9. The van der Waals surface area contributed by atoms with Crippen LogP contribution in [-0.2, 0) is 6.18 Å². The third-order valence-electron chi connectivity index (χ3n) is 6.30. The van der Waals surface area contributed by atoms with E-state index in [0.29, 0.717) is 17.0 Å². The summed E-state index contributed by atoms with van der Waals surface area (Å²) in [6, 6.07) is 9.93. The van der Waals surface area contributed by atoms with Crippen molar-refractivity contribution in [2.24, 2.45) is 5.92 Å². The van der Waals surface area contributed by atoms with E-state index >= 15 is 0 Å². The van der Waals surface area contributed by atoms with E-state index in [1.165, 1.54) is 57.1 Å². The Hall–Kier alpha value is -1.84. The summed E-state index contributed by atoms with van der Waals surface area (Å²) < 4.78 is 52.9. The minimum absolute atomic E-state index is 0.354. The smallest absolute Gasteiger partial charge is 0.206 e. The molecule has 0 spiro atoms. The summed E-state index contributed by atoms with van der Waals surface area (Å²) in [4.78, 5) is 0. The third kappa shape index (κ3) is 5.83. The molecular formula is C25H30F4. The van der Waals surface area contributed by atoms with E-state index in [1.54, 1.807) is 12.1 Å². The summed E-state index contributed by atoms with van der Waals surface area (Å²) in [5.41, 5.74) is 1.12. The van der Waals surface area contributed by atoms with Gasteiger partial charge in [-0.1, -0.05) is 63.3 Å². The van der Waals surface area contributed by atoms with E-state index in [2.05, 4.69) is 6.92 Å². The molecule has 3 rings (SSSR count). The average molecular weight is 407 g/mol. The Balaban J connectivity index is 1.60. The maximum atomic E-state index is 14.7. The second-order valence-electron chi connectivity index (χ2n) is 8.38. The Bertz CT molecular complexity index is 768. The van der Waals surface area contributed by atoms with Gasteiger partial charge in [0.25, 0.3) is 0 Å². The van der Waals surface area contributed by atoms with Crippen LogP contribution in [0.5, 0.6) is 0 Å². The highest BCUT2D eigenvalue weighted by molar-refractivity contribution is 5.65. The lowest BCUT2D eigenvalue weighted by molar-refractivity contribution is -0.137. The third-order valence-corrected chi connectivity index (χ3v) is 6.30. The first-order valence-corrected chi connectivity index (χ1v) is 10.9. The molecule has 0 nitrogen and oxygen atoms in total. The lowest BCUT2D eigenvalue weighted by Crippen LogP contribution is -2.13. The van der Waals surface area contributed by atoms with Crippen LogP contribution in [-0.4, -0.2) is 0 Å². The van der Waals surface area contributed by atoms with Gasteiger partial charge >= 0.3 is 6.18 Å². The van der Waals surface area contributed by atoms with E-state index in [0.717, 1.165) is 36.5 Å². The summed E-state index contributed by atoms with van der Waals surface area (Å²) in [7, 11) is 0. The summed E-state index contributed by atoms with van der Waals surface area (Å²) in [5.74, 6) is 0.835. The summed E-state index contributed by atoms with van der Waals surface area (Å²) >= 11 is 0. The first kappa shape index (κ1) is 21.9. The number of hydrogen-bond acceptors (Lipinski definition) is 0. The van der Waals surface area contributed by atoms with Crippen molar-refractivity contribution in [3.63, 3.8) is 0 Å². The van der Waals surface area contributed by atoms with Gasteiger partial charge in [0.15, 0.2) is 0 Å². The molecule has 0 unspecified atom stereocenters. The van der Waals surface area contributed by atoms with Gasteiger partial charge in [0.05, 0.1) is 5.56 Å². The second-order valence-corrected chi connectivity index (χ2v) is 8.38. The number of hydrogen-bond donors (Lipinski definition) is 0. The molecule has 29 heavy (non-hydrogen) atoms. The Kier molecular flexibility index (Phi) is 7.37. The van der Waals surface area contributed by atoms with Gasteiger partial charge in [-0.25, -0.2) is 4.39 Å². The van der Waals surface area contributed by atoms with Gasteiger partial charge in [0.1, 0.15) is 5.82 Å². The molecule has 1 fully saturated rings. The molecule has 2 aromatic carbocycles. The fraction of sp³-hybridized carbons (Fsp3) is 0.520. The van der Waals surface area contributed by atoms with Crippen LogP contribution in [0.25, 0.3) is 11.1 Å². The molecule has 0 saturated heterocycles. The van der Waals surface area contributed by atoms with Crippen molar-refractivity contribution in [2.45, 2.75) is 76.8 Å². The highest BCUT2D eigenvalue weighted by Crippen LogP contribution is 2.39. The van der Waals surface area contributed by atoms with Crippen LogP contribution in [0.4, 0.5) is 17.6 Å². The normalized spacial score (nSPS) is 20.0. The van der Waals surface area contributed by atoms with Crippen molar-refractivity contribution >= 4 is 0 Å². The second kappa shape index (κ2) is 9.77. The monoisotopic (exact) mass is 406 g/mol. The van der Waals surface area contributed by atoms with Gasteiger partial charge in [-0.05, 0) is 66.8 Å². The molecule has 0 N–H and O–H groups in total. The van der Waals surface area contributed by atoms with Gasteiger partial charge in [-0.15, -0.1) is 0 Å². The van der Waals surface area contributed by atoms with Crippen LogP contribution in [0, 0.1) is 11.7 Å². The van der Waals surface area contributed by atoms with Crippen LogP contribution in [0.2, 0.25) is 0 Å². The van der Waals surface area contributed by atoms with Crippen LogP contribution in [0.3, 0.4) is 0 Å². The number of unbranched alkanes of at least 4 members (excludes halogenated alkanes) is 3. The lowest BCUT2D eigenvalue weighted by atomic mass is 9.77. The largest absolute Gasteiger partial charge is 0.416 e. The van der Waals surface area contributed by atoms with Crippen LogP contribution < -0.4 is 0 Å². The van der Waals surface area contributed by atoms with Crippen molar-refractivity contribution in [2.75, 3.05) is 0 Å². The van der Waals surface area contributed by atoms with Crippen molar-refractivity contribution in [1.29, 1.82) is 0 Å². The summed E-state index contributed by atoms with van der Waals surface area (Å²) in [5, 5.41) is 0. The Labute approximate surface area is 171 Å². The predicted octanol–water partition coefficient (Wildman–Crippen LogP) is 8.76. The van der Waals surface area contributed by atoms with Gasteiger partial charge in [0.2, 0.25) is 0 Å². The van der Waals surface area contributed by atoms with Gasteiger partial charge in [0, 0.05) is 5.56 Å². The average Bonchev–Trinajstić information content (AvgIpc) is 2.71. The van der Waals surface area contributed by atoms with Crippen LogP contribution in [0.15, 0.2) is 42.5 Å². The standard InChI is InChI=1S/C25H30F4/c1-2-3-4-5-6-18-7-9-19(10-8-18)21-13-16-23(24(26)17-21)20-11-14-22(15-12-20)25(27,28)29/h11-19H,2-10H2,1H3/t18-,19-. The zero-order valence-electron chi connectivity index (χ0n) is 17.1. The quantitative estimate of drug-likeness (QED) is 0.318. The Morgan fingerprint density at radius 1 is 0.862 bits per heavy atom. The van der Waals surface area contributed by atoms with Crippen LogP contribution in [0.1, 0.15) is 81.8 Å². The molecule has 4 heteroatoms. The van der Waals surface area contributed by atoms with E-state index in [-0.39, 0.29) is 5.82 Å². The number of alkyl halides is 3. The van der Waals surface area contributed by atoms with Gasteiger partial charge in [-0.2, -0.15) is 13.2 Å². The SMILES string of the molecule is CCCCCC[C@H]1CC[C@H](c2ccc(-c3ccc(C(F)(F)F)cc3)c(F)c2)CC1. The molecular weight excluding hydrogens is 376 g/mol. The molecule has 1 aliphatic carbocycles. The van der Waals surface area contributed by atoms with Gasteiger partial charge in [-0.3, -0.25) is 0 Å². The lowest BCUT2D eigenvalue weighted by Gasteiger charge is -2.29. The minimum Gasteiger partial charge on any atom is -0.206 e. The topological polar surface area (TPSA) is 0 Å². The fourth-order valence-electron chi connectivity index (χ4n) is 4.50. The van der Waals surface area contributed by atoms with E-state index in [1.807, 2.05) is 6.07 Å². The van der Waals surface area contributed by atoms with Crippen molar-refractivity contribution in [1.82, 2.24) is 0 Å². The highest BCUT2D eigenvalue weighted by atomic mass is 19.4. The predicted molar refractivity (Wildman–Crippen MR) is 110 cm³/mol. The fourth-order valence-corrected chi connectivity index (χ4v) is 4.50. The molecule has 1 saturated carbocycles. The molecule has 0 atom stereocenters. The van der Waals surface area contributed by atoms with Crippen LogP contribution >= 0.6 is 0 Å². The molecule has 0 bridgehead atoms. The zero-order chi connectivity index (χ0) is 20.9. The molecule has 2 aromatic rings. The maximum Gasteiger partial charge on any atom is 0.416 e. The molecule has 158 valence electrons. The highest BCUT2D eigenvalue weighted by Gasteiger charge is 2.30. The molecule has 0 heterocycles. The molecule has 1 aliphatic rings.